The van der Waals surface area contributed by atoms with Crippen LogP contribution in [0.5, 0.6) is 6.01 Å². The Hall–Kier alpha value is -2.09. The third-order valence-electron chi connectivity index (χ3n) is 6.11. The van der Waals surface area contributed by atoms with Gasteiger partial charge in [-0.15, -0.1) is 0 Å². The van der Waals surface area contributed by atoms with Crippen LogP contribution < -0.4 is 9.64 Å². The maximum absolute atomic E-state index is 9.13. The number of aromatic nitrogens is 2. The largest absolute Gasteiger partial charge is 0.463 e. The molecule has 0 amide bonds. The van der Waals surface area contributed by atoms with E-state index in [0.29, 0.717) is 30.9 Å². The minimum absolute atomic E-state index is 0.303. The van der Waals surface area contributed by atoms with Crippen LogP contribution >= 0.6 is 0 Å². The van der Waals surface area contributed by atoms with Crippen LogP contribution in [0.25, 0.3) is 0 Å². The van der Waals surface area contributed by atoms with Gasteiger partial charge in [0, 0.05) is 25.1 Å². The Balaban J connectivity index is 2.27. The highest BCUT2D eigenvalue weighted by Crippen LogP contribution is 2.28. The first-order chi connectivity index (χ1) is 15.0. The summed E-state index contributed by atoms with van der Waals surface area (Å²) in [6, 6.07) is 2.84. The molecule has 0 N–H and O–H groups in total. The zero-order valence-electron chi connectivity index (χ0n) is 20.4. The molecule has 5 heteroatoms. The molecule has 2 atom stereocenters. The van der Waals surface area contributed by atoms with E-state index in [1.807, 2.05) is 0 Å². The van der Waals surface area contributed by atoms with Crippen molar-refractivity contribution in [3.05, 3.63) is 22.9 Å². The second kappa shape index (κ2) is 13.3. The molecule has 0 saturated heterocycles. The summed E-state index contributed by atoms with van der Waals surface area (Å²) in [4.78, 5) is 12.1. The third kappa shape index (κ3) is 7.83. The van der Waals surface area contributed by atoms with Gasteiger partial charge in [0.15, 0.2) is 0 Å². The third-order valence-corrected chi connectivity index (χ3v) is 6.11. The molecule has 0 aliphatic heterocycles. The highest BCUT2D eigenvalue weighted by molar-refractivity contribution is 5.50. The van der Waals surface area contributed by atoms with Gasteiger partial charge in [-0.25, -0.2) is 0 Å². The van der Waals surface area contributed by atoms with Crippen molar-refractivity contribution in [1.29, 1.82) is 5.26 Å². The molecule has 1 aromatic heterocycles. The molecule has 1 aromatic rings. The van der Waals surface area contributed by atoms with E-state index >= 15 is 0 Å². The van der Waals surface area contributed by atoms with Gasteiger partial charge < -0.3 is 9.64 Å². The zero-order valence-corrected chi connectivity index (χ0v) is 20.4. The summed E-state index contributed by atoms with van der Waals surface area (Å²) in [7, 11) is 0. The van der Waals surface area contributed by atoms with Gasteiger partial charge in [-0.3, -0.25) is 0 Å². The van der Waals surface area contributed by atoms with Crippen LogP contribution in [0.1, 0.15) is 90.8 Å². The predicted molar refractivity (Wildman–Crippen MR) is 129 cm³/mol. The molecule has 31 heavy (non-hydrogen) atoms. The SMILES string of the molecule is CCCc1c(CC)nc(OC[C@@H]2CCC=C(C)CC2)nc1N(CCC)C[C@H](C)CC#N. The maximum Gasteiger partial charge on any atom is 0.318 e. The first-order valence-corrected chi connectivity index (χ1v) is 12.3. The average Bonchev–Trinajstić information content (AvgIpc) is 2.96. The van der Waals surface area contributed by atoms with E-state index in [9.17, 15) is 0 Å². The van der Waals surface area contributed by atoms with Crippen molar-refractivity contribution in [2.75, 3.05) is 24.6 Å². The molecule has 0 fully saturated rings. The Morgan fingerprint density at radius 3 is 2.71 bits per heavy atom. The summed E-state index contributed by atoms with van der Waals surface area (Å²) in [6.45, 7) is 13.4. The number of hydrogen-bond acceptors (Lipinski definition) is 5. The van der Waals surface area contributed by atoms with E-state index in [2.05, 4.69) is 51.7 Å². The van der Waals surface area contributed by atoms with E-state index < -0.39 is 0 Å². The quantitative estimate of drug-likeness (QED) is 0.368. The topological polar surface area (TPSA) is 62.0 Å². The number of nitrogens with zero attached hydrogens (tertiary/aromatic N) is 4. The Bertz CT molecular complexity index is 753. The Kier molecular flexibility index (Phi) is 10.8. The molecule has 0 saturated carbocycles. The average molecular weight is 427 g/mol. The molecule has 0 bridgehead atoms. The van der Waals surface area contributed by atoms with Gasteiger partial charge in [-0.05, 0) is 63.7 Å². The van der Waals surface area contributed by atoms with Crippen LogP contribution in [0.4, 0.5) is 5.82 Å². The molecule has 0 radical (unpaired) electrons. The first-order valence-electron chi connectivity index (χ1n) is 12.3. The number of allylic oxidation sites excluding steroid dienone is 2. The molecule has 5 nitrogen and oxygen atoms in total. The van der Waals surface area contributed by atoms with Crippen LogP contribution in [0, 0.1) is 23.2 Å². The van der Waals surface area contributed by atoms with Gasteiger partial charge in [-0.2, -0.15) is 15.2 Å². The fourth-order valence-electron chi connectivity index (χ4n) is 4.37. The van der Waals surface area contributed by atoms with Crippen LogP contribution in [-0.4, -0.2) is 29.7 Å². The molecule has 172 valence electrons. The zero-order chi connectivity index (χ0) is 22.6. The lowest BCUT2D eigenvalue weighted by atomic mass is 10.0. The van der Waals surface area contributed by atoms with Crippen LogP contribution in [-0.2, 0) is 12.8 Å². The standard InChI is InChI=1S/C26H42N4O/c1-6-10-23-24(8-3)28-26(31-19-22-12-9-11-20(4)13-14-22)29-25(23)30(17-7-2)18-21(5)15-16-27/h11,21-22H,6-10,12-15,17-19H2,1-5H3/t21-,22-/m1/s1. The molecule has 0 aromatic carbocycles. The monoisotopic (exact) mass is 426 g/mol. The Labute approximate surface area is 189 Å². The maximum atomic E-state index is 9.13. The number of aryl methyl sites for hydroxylation is 1. The van der Waals surface area contributed by atoms with E-state index in [1.165, 1.54) is 24.0 Å². The van der Waals surface area contributed by atoms with Gasteiger partial charge in [0.25, 0.3) is 0 Å². The fraction of sp³-hybridized carbons (Fsp3) is 0.731. The molecule has 1 heterocycles. The number of nitriles is 1. The molecule has 1 aliphatic rings. The molecule has 0 unspecified atom stereocenters. The highest BCUT2D eigenvalue weighted by Gasteiger charge is 2.21. The van der Waals surface area contributed by atoms with E-state index in [1.54, 1.807) is 0 Å². The summed E-state index contributed by atoms with van der Waals surface area (Å²) in [5.74, 6) is 1.88. The summed E-state index contributed by atoms with van der Waals surface area (Å²) >= 11 is 0. The first kappa shape index (κ1) is 25.2. The molecule has 0 spiro atoms. The number of ether oxygens (including phenoxy) is 1. The van der Waals surface area contributed by atoms with Crippen molar-refractivity contribution >= 4 is 5.82 Å². The van der Waals surface area contributed by atoms with Crippen molar-refractivity contribution in [3.8, 4) is 12.1 Å². The number of rotatable bonds is 12. The van der Waals surface area contributed by atoms with E-state index in [0.717, 1.165) is 63.1 Å². The second-order valence-electron chi connectivity index (χ2n) is 9.12. The van der Waals surface area contributed by atoms with Crippen LogP contribution in [0.2, 0.25) is 0 Å². The fourth-order valence-corrected chi connectivity index (χ4v) is 4.37. The van der Waals surface area contributed by atoms with Crippen molar-refractivity contribution in [3.63, 3.8) is 0 Å². The van der Waals surface area contributed by atoms with E-state index in [-0.39, 0.29) is 0 Å². The number of hydrogen-bond donors (Lipinski definition) is 0. The van der Waals surface area contributed by atoms with Gasteiger partial charge in [0.1, 0.15) is 5.82 Å². The normalized spacial score (nSPS) is 17.4. The highest BCUT2D eigenvalue weighted by atomic mass is 16.5. The van der Waals surface area contributed by atoms with Gasteiger partial charge in [0.2, 0.25) is 0 Å². The minimum Gasteiger partial charge on any atom is -0.463 e. The smallest absolute Gasteiger partial charge is 0.318 e. The summed E-state index contributed by atoms with van der Waals surface area (Å²) in [6.07, 6.45) is 11.5. The van der Waals surface area contributed by atoms with E-state index in [4.69, 9.17) is 20.0 Å². The van der Waals surface area contributed by atoms with Crippen molar-refractivity contribution in [2.24, 2.45) is 11.8 Å². The van der Waals surface area contributed by atoms with Crippen molar-refractivity contribution in [1.82, 2.24) is 9.97 Å². The van der Waals surface area contributed by atoms with Gasteiger partial charge >= 0.3 is 6.01 Å². The minimum atomic E-state index is 0.303. The van der Waals surface area contributed by atoms with Crippen molar-refractivity contribution < 1.29 is 4.74 Å². The van der Waals surface area contributed by atoms with Gasteiger partial charge in [0.05, 0.1) is 18.4 Å². The molecular weight excluding hydrogens is 384 g/mol. The van der Waals surface area contributed by atoms with Crippen molar-refractivity contribution in [2.45, 2.75) is 92.4 Å². The summed E-state index contributed by atoms with van der Waals surface area (Å²) in [5.41, 5.74) is 3.86. The Morgan fingerprint density at radius 1 is 1.23 bits per heavy atom. The Morgan fingerprint density at radius 2 is 2.03 bits per heavy atom. The van der Waals surface area contributed by atoms with Gasteiger partial charge in [-0.1, -0.05) is 45.8 Å². The van der Waals surface area contributed by atoms with Crippen LogP contribution in [0.15, 0.2) is 11.6 Å². The molecule has 2 rings (SSSR count). The lowest BCUT2D eigenvalue weighted by molar-refractivity contribution is 0.218. The molecular formula is C26H42N4O. The predicted octanol–water partition coefficient (Wildman–Crippen LogP) is 6.27. The van der Waals surface area contributed by atoms with Crippen LogP contribution in [0.3, 0.4) is 0 Å². The summed E-state index contributed by atoms with van der Waals surface area (Å²) in [5, 5.41) is 9.13. The number of anilines is 1. The summed E-state index contributed by atoms with van der Waals surface area (Å²) < 4.78 is 6.21. The lowest BCUT2D eigenvalue weighted by Crippen LogP contribution is -2.32. The molecule has 1 aliphatic carbocycles. The lowest BCUT2D eigenvalue weighted by Gasteiger charge is -2.29. The second-order valence-corrected chi connectivity index (χ2v) is 9.12.